The number of nitrogens with one attached hydrogen (secondary N) is 1. The second-order valence-electron chi connectivity index (χ2n) is 9.28. The first-order chi connectivity index (χ1) is 15.7. The van der Waals surface area contributed by atoms with E-state index in [1.54, 1.807) is 7.11 Å². The average Bonchev–Trinajstić information content (AvgIpc) is 3.16. The van der Waals surface area contributed by atoms with E-state index < -0.39 is 6.41 Å². The summed E-state index contributed by atoms with van der Waals surface area (Å²) in [7, 11) is 1.55. The number of hydrogen-bond acceptors (Lipinski definition) is 5. The lowest BCUT2D eigenvalue weighted by Crippen LogP contribution is -2.45. The number of ether oxygens (including phenoxy) is 1. The van der Waals surface area contributed by atoms with Gasteiger partial charge in [0.1, 0.15) is 5.82 Å². The molecule has 32 heavy (non-hydrogen) atoms. The minimum atomic E-state index is -0.942. The van der Waals surface area contributed by atoms with Gasteiger partial charge in [0, 0.05) is 37.4 Å². The number of aryl methyl sites for hydroxylation is 1. The highest BCUT2D eigenvalue weighted by Crippen LogP contribution is 2.37. The molecule has 2 N–H and O–H groups in total. The summed E-state index contributed by atoms with van der Waals surface area (Å²) in [6, 6.07) is 15.2. The Bertz CT molecular complexity index is 1060. The van der Waals surface area contributed by atoms with E-state index in [4.69, 9.17) is 9.72 Å². The van der Waals surface area contributed by atoms with Gasteiger partial charge in [-0.05, 0) is 69.3 Å². The normalized spacial score (nSPS) is 20.5. The second-order valence-corrected chi connectivity index (χ2v) is 9.28. The average molecular weight is 435 g/mol. The van der Waals surface area contributed by atoms with Crippen molar-refractivity contribution in [2.75, 3.05) is 25.1 Å². The maximum Gasteiger partial charge on any atom is 0.237 e. The molecule has 5 rings (SSSR count). The van der Waals surface area contributed by atoms with Crippen LogP contribution in [0, 0.1) is 5.92 Å². The first-order valence-electron chi connectivity index (χ1n) is 11.9. The van der Waals surface area contributed by atoms with Crippen molar-refractivity contribution in [3.8, 4) is 0 Å². The number of piperidine rings is 1. The molecule has 0 radical (unpaired) electrons. The summed E-state index contributed by atoms with van der Waals surface area (Å²) in [5.41, 5.74) is 5.86. The van der Waals surface area contributed by atoms with Crippen LogP contribution in [0.4, 0.5) is 5.69 Å². The van der Waals surface area contributed by atoms with Crippen LogP contribution in [0.1, 0.15) is 43.1 Å². The highest BCUT2D eigenvalue weighted by atomic mass is 16.6. The van der Waals surface area contributed by atoms with Gasteiger partial charge in [0.15, 0.2) is 0 Å². The number of anilines is 1. The number of imidazole rings is 1. The molecule has 0 aliphatic carbocycles. The van der Waals surface area contributed by atoms with E-state index in [1.165, 1.54) is 29.5 Å². The molecule has 1 unspecified atom stereocenters. The molecule has 170 valence electrons. The van der Waals surface area contributed by atoms with E-state index in [1.807, 2.05) is 4.90 Å². The van der Waals surface area contributed by atoms with Crippen molar-refractivity contribution < 1.29 is 9.84 Å². The van der Waals surface area contributed by atoms with Crippen LogP contribution in [0.5, 0.6) is 0 Å². The molecule has 2 atom stereocenters. The lowest BCUT2D eigenvalue weighted by atomic mass is 9.95. The van der Waals surface area contributed by atoms with Crippen molar-refractivity contribution in [3.63, 3.8) is 0 Å². The summed E-state index contributed by atoms with van der Waals surface area (Å²) in [6.07, 6.45) is 4.25. The molecular weight excluding hydrogens is 400 g/mol. The van der Waals surface area contributed by atoms with Gasteiger partial charge in [-0.1, -0.05) is 30.3 Å². The monoisotopic (exact) mass is 434 g/mol. The van der Waals surface area contributed by atoms with Crippen LogP contribution in [0.15, 0.2) is 42.5 Å². The minimum Gasteiger partial charge on any atom is -0.351 e. The Morgan fingerprint density at radius 1 is 1.12 bits per heavy atom. The van der Waals surface area contributed by atoms with Gasteiger partial charge >= 0.3 is 0 Å². The van der Waals surface area contributed by atoms with Crippen molar-refractivity contribution >= 4 is 16.7 Å². The van der Waals surface area contributed by atoms with Gasteiger partial charge in [-0.2, -0.15) is 0 Å². The molecule has 0 spiro atoms. The molecule has 0 amide bonds. The molecule has 1 fully saturated rings. The number of benzene rings is 2. The number of aromatic nitrogens is 2. The van der Waals surface area contributed by atoms with Gasteiger partial charge in [-0.3, -0.25) is 0 Å². The quantitative estimate of drug-likeness (QED) is 0.580. The van der Waals surface area contributed by atoms with Gasteiger partial charge in [-0.15, -0.1) is 0 Å². The highest BCUT2D eigenvalue weighted by molar-refractivity contribution is 5.86. The van der Waals surface area contributed by atoms with E-state index >= 15 is 0 Å². The van der Waals surface area contributed by atoms with Crippen molar-refractivity contribution in [1.29, 1.82) is 0 Å². The van der Waals surface area contributed by atoms with E-state index in [-0.39, 0.29) is 6.04 Å². The zero-order valence-electron chi connectivity index (χ0n) is 19.1. The Morgan fingerprint density at radius 3 is 2.66 bits per heavy atom. The Labute approximate surface area is 190 Å². The number of aliphatic hydroxyl groups excluding tert-OH is 1. The van der Waals surface area contributed by atoms with Crippen molar-refractivity contribution in [1.82, 2.24) is 14.9 Å². The zero-order chi connectivity index (χ0) is 22.1. The molecular formula is C26H34N4O2. The second kappa shape index (κ2) is 9.22. The van der Waals surface area contributed by atoms with Crippen LogP contribution < -0.4 is 10.2 Å². The first kappa shape index (κ1) is 21.4. The zero-order valence-corrected chi connectivity index (χ0v) is 19.1. The molecule has 6 heteroatoms. The Kier molecular flexibility index (Phi) is 6.17. The fraction of sp³-hybridized carbons (Fsp3) is 0.500. The molecule has 3 heterocycles. The molecule has 2 aromatic carbocycles. The molecule has 2 aliphatic rings. The highest BCUT2D eigenvalue weighted by Gasteiger charge is 2.31. The Hall–Kier alpha value is -2.41. The topological polar surface area (TPSA) is 62.6 Å². The summed E-state index contributed by atoms with van der Waals surface area (Å²) in [4.78, 5) is 7.22. The molecule has 1 aromatic heterocycles. The lowest BCUT2D eigenvalue weighted by Gasteiger charge is -2.39. The molecule has 3 aromatic rings. The number of fused-ring (bicyclic) bond motifs is 3. The molecule has 6 nitrogen and oxygen atoms in total. The SMILES string of the molecule is COC(O)N1c2ccc3c(nc(Cc4ccccc4)n3CC3CCNCC3)c2CC[C@@H]1C. The summed E-state index contributed by atoms with van der Waals surface area (Å²) in [5, 5.41) is 14.0. The third-order valence-electron chi connectivity index (χ3n) is 7.20. The smallest absolute Gasteiger partial charge is 0.237 e. The molecule has 0 saturated carbocycles. The summed E-state index contributed by atoms with van der Waals surface area (Å²) >= 11 is 0. The number of aliphatic hydroxyl groups is 1. The fourth-order valence-electron chi connectivity index (χ4n) is 5.39. The van der Waals surface area contributed by atoms with Crippen LogP contribution in [0.2, 0.25) is 0 Å². The number of hydrogen-bond donors (Lipinski definition) is 2. The largest absolute Gasteiger partial charge is 0.351 e. The van der Waals surface area contributed by atoms with Gasteiger partial charge in [0.25, 0.3) is 0 Å². The van der Waals surface area contributed by atoms with Crippen molar-refractivity contribution in [3.05, 3.63) is 59.4 Å². The molecule has 2 aliphatic heterocycles. The fourth-order valence-corrected chi connectivity index (χ4v) is 5.39. The van der Waals surface area contributed by atoms with Crippen molar-refractivity contribution in [2.45, 2.75) is 58.0 Å². The predicted molar refractivity (Wildman–Crippen MR) is 128 cm³/mol. The van der Waals surface area contributed by atoms with Crippen LogP contribution >= 0.6 is 0 Å². The van der Waals surface area contributed by atoms with Crippen LogP contribution in [-0.4, -0.2) is 47.3 Å². The summed E-state index contributed by atoms with van der Waals surface area (Å²) in [6.45, 7) is 5.36. The minimum absolute atomic E-state index is 0.218. The lowest BCUT2D eigenvalue weighted by molar-refractivity contribution is -0.0794. The number of methoxy groups -OCH3 is 1. The third-order valence-corrected chi connectivity index (χ3v) is 7.20. The van der Waals surface area contributed by atoms with Crippen LogP contribution in [0.3, 0.4) is 0 Å². The number of nitrogens with zero attached hydrogens (tertiary/aromatic N) is 3. The maximum absolute atomic E-state index is 10.5. The predicted octanol–water partition coefficient (Wildman–Crippen LogP) is 3.69. The molecule has 1 saturated heterocycles. The third kappa shape index (κ3) is 4.03. The van der Waals surface area contributed by atoms with Crippen LogP contribution in [-0.2, 0) is 24.1 Å². The van der Waals surface area contributed by atoms with Crippen molar-refractivity contribution in [2.24, 2.45) is 5.92 Å². The van der Waals surface area contributed by atoms with Gasteiger partial charge in [-0.25, -0.2) is 4.98 Å². The molecule has 0 bridgehead atoms. The van der Waals surface area contributed by atoms with E-state index in [0.29, 0.717) is 5.92 Å². The summed E-state index contributed by atoms with van der Waals surface area (Å²) in [5.74, 6) is 1.81. The standard InChI is InChI=1S/C26H34N4O2/c1-18-8-9-21-22(30(18)26(31)32-2)10-11-23-25(21)28-24(16-19-6-4-3-5-7-19)29(23)17-20-12-14-27-15-13-20/h3-7,10-11,18,20,26-27,31H,8-9,12-17H2,1-2H3/t18-,26?/m0/s1. The summed E-state index contributed by atoms with van der Waals surface area (Å²) < 4.78 is 7.75. The van der Waals surface area contributed by atoms with Gasteiger partial charge < -0.3 is 24.6 Å². The maximum atomic E-state index is 10.5. The van der Waals surface area contributed by atoms with E-state index in [9.17, 15) is 5.11 Å². The van der Waals surface area contributed by atoms with Gasteiger partial charge in [0.2, 0.25) is 6.41 Å². The van der Waals surface area contributed by atoms with Gasteiger partial charge in [0.05, 0.1) is 11.0 Å². The first-order valence-corrected chi connectivity index (χ1v) is 11.9. The van der Waals surface area contributed by atoms with E-state index in [0.717, 1.165) is 55.9 Å². The van der Waals surface area contributed by atoms with Crippen LogP contribution in [0.25, 0.3) is 11.0 Å². The Balaban J connectivity index is 1.60. The number of rotatable bonds is 6. The van der Waals surface area contributed by atoms with E-state index in [2.05, 4.69) is 59.3 Å². The Morgan fingerprint density at radius 2 is 1.91 bits per heavy atom.